The summed E-state index contributed by atoms with van der Waals surface area (Å²) in [5, 5.41) is 10.1. The van der Waals surface area contributed by atoms with E-state index in [9.17, 15) is 13.5 Å². The Morgan fingerprint density at radius 3 is 1.74 bits per heavy atom. The molecular weight excluding hydrogens is 578 g/mol. The molecule has 2 atom stereocenters. The molecule has 0 bridgehead atoms. The maximum atomic E-state index is 14.1. The molecule has 3 aromatic rings. The van der Waals surface area contributed by atoms with Crippen molar-refractivity contribution in [2.45, 2.75) is 37.8 Å². The highest BCUT2D eigenvalue weighted by Crippen LogP contribution is 2.34. The van der Waals surface area contributed by atoms with Gasteiger partial charge in [-0.3, -0.25) is 0 Å². The van der Waals surface area contributed by atoms with E-state index in [-0.39, 0.29) is 18.9 Å². The molecule has 0 aliphatic rings. The number of aromatic nitrogens is 2. The van der Waals surface area contributed by atoms with Crippen molar-refractivity contribution in [3.05, 3.63) is 70.2 Å². The van der Waals surface area contributed by atoms with E-state index in [0.29, 0.717) is 38.6 Å². The average molecular weight is 611 g/mol. The van der Waals surface area contributed by atoms with Crippen LogP contribution in [-0.2, 0) is 28.7 Å². The molecule has 2 aromatic carbocycles. The Labute approximate surface area is 231 Å². The topological polar surface area (TPSA) is 120 Å². The third-order valence-corrected chi connectivity index (χ3v) is 9.09. The number of hydrogen-bond donors (Lipinski definition) is 1. The number of nitrogens with zero attached hydrogens (tertiary/aromatic N) is 3. The van der Waals surface area contributed by atoms with E-state index in [1.165, 1.54) is 59.0 Å². The van der Waals surface area contributed by atoms with Crippen molar-refractivity contribution in [3.8, 4) is 23.0 Å². The van der Waals surface area contributed by atoms with Gasteiger partial charge in [-0.1, -0.05) is 12.1 Å². The van der Waals surface area contributed by atoms with Crippen LogP contribution >= 0.6 is 15.9 Å². The Morgan fingerprint density at radius 1 is 0.895 bits per heavy atom. The average Bonchev–Trinajstić information content (AvgIpc) is 2.92. The van der Waals surface area contributed by atoms with Crippen molar-refractivity contribution in [2.24, 2.45) is 0 Å². The van der Waals surface area contributed by atoms with Crippen LogP contribution in [0, 0.1) is 0 Å². The van der Waals surface area contributed by atoms with Crippen LogP contribution in [0.1, 0.15) is 30.8 Å². The van der Waals surface area contributed by atoms with Crippen LogP contribution in [0.25, 0.3) is 0 Å². The fourth-order valence-electron chi connectivity index (χ4n) is 3.85. The Hall–Kier alpha value is -2.93. The number of ether oxygens (including phenoxy) is 4. The summed E-state index contributed by atoms with van der Waals surface area (Å²) < 4.78 is 51.8. The first kappa shape index (κ1) is 29.6. The summed E-state index contributed by atoms with van der Waals surface area (Å²) in [5.41, 5.74) is -0.682. The minimum atomic E-state index is -4.18. The van der Waals surface area contributed by atoms with E-state index in [1.54, 1.807) is 36.4 Å². The van der Waals surface area contributed by atoms with E-state index in [2.05, 4.69) is 25.9 Å². The predicted molar refractivity (Wildman–Crippen MR) is 146 cm³/mol. The second-order valence-electron chi connectivity index (χ2n) is 8.68. The molecular formula is C26H32BrN3O7S. The molecule has 1 aromatic heterocycles. The van der Waals surface area contributed by atoms with Gasteiger partial charge < -0.3 is 24.1 Å². The lowest BCUT2D eigenvalue weighted by Crippen LogP contribution is -2.47. The molecule has 10 nitrogen and oxygen atoms in total. The number of halogens is 1. The van der Waals surface area contributed by atoms with Gasteiger partial charge >= 0.3 is 0 Å². The Kier molecular flexibility index (Phi) is 9.58. The van der Waals surface area contributed by atoms with E-state index < -0.39 is 20.9 Å². The highest BCUT2D eigenvalue weighted by atomic mass is 79.9. The van der Waals surface area contributed by atoms with Crippen LogP contribution in [0.4, 0.5) is 0 Å². The summed E-state index contributed by atoms with van der Waals surface area (Å²) in [7, 11) is 1.90. The normalized spacial score (nSPS) is 14.0. The molecule has 0 aliphatic carbocycles. The van der Waals surface area contributed by atoms with Gasteiger partial charge in [0.2, 0.25) is 10.0 Å². The summed E-state index contributed by atoms with van der Waals surface area (Å²) in [6, 6.07) is 10.3. The molecule has 0 aliphatic heterocycles. The fraction of sp³-hybridized carbons (Fsp3) is 0.385. The quantitative estimate of drug-likeness (QED) is 0.326. The minimum Gasteiger partial charge on any atom is -0.497 e. The molecule has 0 saturated heterocycles. The minimum absolute atomic E-state index is 0.0132. The first-order chi connectivity index (χ1) is 18.0. The molecule has 206 valence electrons. The van der Waals surface area contributed by atoms with Crippen molar-refractivity contribution in [1.82, 2.24) is 14.3 Å². The van der Waals surface area contributed by atoms with Crippen LogP contribution in [0.15, 0.2) is 53.3 Å². The third-order valence-electron chi connectivity index (χ3n) is 6.35. The predicted octanol–water partition coefficient (Wildman–Crippen LogP) is 3.90. The first-order valence-electron chi connectivity index (χ1n) is 11.6. The van der Waals surface area contributed by atoms with Crippen LogP contribution in [-0.4, -0.2) is 61.5 Å². The highest BCUT2D eigenvalue weighted by molar-refractivity contribution is 9.10. The van der Waals surface area contributed by atoms with Crippen LogP contribution in [0.3, 0.4) is 0 Å². The van der Waals surface area contributed by atoms with E-state index >= 15 is 0 Å². The standard InChI is InChI=1S/C26H32BrN3O7S/c1-17(26(2,31)25-28-13-20(27)14-29-25)38(32,33)30(15-18-7-9-21(34-3)11-23(18)36-5)16-19-8-10-22(35-4)12-24(19)37-6/h7-14,17,31H,15-16H2,1-6H3. The van der Waals surface area contributed by atoms with Gasteiger partial charge in [0.15, 0.2) is 5.82 Å². The van der Waals surface area contributed by atoms with E-state index in [0.717, 1.165) is 0 Å². The largest absolute Gasteiger partial charge is 0.497 e. The molecule has 0 radical (unpaired) electrons. The molecule has 1 N–H and O–H groups in total. The number of rotatable bonds is 12. The summed E-state index contributed by atoms with van der Waals surface area (Å²) >= 11 is 3.26. The van der Waals surface area contributed by atoms with Gasteiger partial charge in [-0.25, -0.2) is 18.4 Å². The lowest BCUT2D eigenvalue weighted by molar-refractivity contribution is 0.0450. The van der Waals surface area contributed by atoms with Crippen LogP contribution in [0.2, 0.25) is 0 Å². The van der Waals surface area contributed by atoms with Gasteiger partial charge in [0.25, 0.3) is 0 Å². The molecule has 0 saturated carbocycles. The van der Waals surface area contributed by atoms with Gasteiger partial charge in [0, 0.05) is 48.7 Å². The summed E-state index contributed by atoms with van der Waals surface area (Å²) in [6.45, 7) is 2.72. The lowest BCUT2D eigenvalue weighted by atomic mass is 10.0. The van der Waals surface area contributed by atoms with Gasteiger partial charge in [-0.15, -0.1) is 0 Å². The summed E-state index contributed by atoms with van der Waals surface area (Å²) in [4.78, 5) is 8.29. The maximum Gasteiger partial charge on any atom is 0.220 e. The zero-order chi connectivity index (χ0) is 28.1. The third kappa shape index (κ3) is 6.37. The number of sulfonamides is 1. The first-order valence-corrected chi connectivity index (χ1v) is 13.9. The summed E-state index contributed by atoms with van der Waals surface area (Å²) in [5.74, 6) is 2.05. The monoisotopic (exact) mass is 609 g/mol. The number of benzene rings is 2. The zero-order valence-electron chi connectivity index (χ0n) is 22.1. The molecule has 2 unspecified atom stereocenters. The molecule has 0 amide bonds. The number of aliphatic hydroxyl groups is 1. The lowest BCUT2D eigenvalue weighted by Gasteiger charge is -2.33. The van der Waals surface area contributed by atoms with Gasteiger partial charge in [0.1, 0.15) is 33.8 Å². The van der Waals surface area contributed by atoms with Crippen molar-refractivity contribution in [3.63, 3.8) is 0 Å². The number of hydrogen-bond acceptors (Lipinski definition) is 9. The second kappa shape index (κ2) is 12.3. The van der Waals surface area contributed by atoms with Crippen molar-refractivity contribution < 1.29 is 32.5 Å². The smallest absolute Gasteiger partial charge is 0.220 e. The van der Waals surface area contributed by atoms with Crippen LogP contribution < -0.4 is 18.9 Å². The molecule has 12 heteroatoms. The SMILES string of the molecule is COc1ccc(CN(Cc2ccc(OC)cc2OC)S(=O)(=O)C(C)C(C)(O)c2ncc(Br)cn2)c(OC)c1. The zero-order valence-corrected chi connectivity index (χ0v) is 24.5. The second-order valence-corrected chi connectivity index (χ2v) is 11.9. The molecule has 0 spiro atoms. The molecule has 38 heavy (non-hydrogen) atoms. The van der Waals surface area contributed by atoms with Crippen molar-refractivity contribution in [2.75, 3.05) is 28.4 Å². The Morgan fingerprint density at radius 2 is 1.34 bits per heavy atom. The van der Waals surface area contributed by atoms with Crippen molar-refractivity contribution in [1.29, 1.82) is 0 Å². The van der Waals surface area contributed by atoms with Gasteiger partial charge in [-0.2, -0.15) is 4.31 Å². The summed E-state index contributed by atoms with van der Waals surface area (Å²) in [6.07, 6.45) is 2.91. The van der Waals surface area contributed by atoms with E-state index in [1.807, 2.05) is 0 Å². The molecule has 3 rings (SSSR count). The highest BCUT2D eigenvalue weighted by Gasteiger charge is 2.44. The van der Waals surface area contributed by atoms with E-state index in [4.69, 9.17) is 18.9 Å². The Bertz CT molecular complexity index is 1290. The van der Waals surface area contributed by atoms with Gasteiger partial charge in [0.05, 0.1) is 32.9 Å². The molecule has 1 heterocycles. The Balaban J connectivity index is 2.08. The fourth-order valence-corrected chi connectivity index (χ4v) is 5.83. The maximum absolute atomic E-state index is 14.1. The molecule has 0 fully saturated rings. The number of methoxy groups -OCH3 is 4. The van der Waals surface area contributed by atoms with Crippen molar-refractivity contribution >= 4 is 26.0 Å². The van der Waals surface area contributed by atoms with Crippen LogP contribution in [0.5, 0.6) is 23.0 Å². The van der Waals surface area contributed by atoms with Gasteiger partial charge in [-0.05, 0) is 41.9 Å².